The number of imide groups is 1. The molecule has 22 heavy (non-hydrogen) atoms. The first-order valence-corrected chi connectivity index (χ1v) is 7.19. The number of hydrogen-bond acceptors (Lipinski definition) is 4. The standard InChI is InChI=1S/C13H20F3N3O3/c14-13(15,16)9-1-4-19(7-10(20)18-11(17)21)8-12(9)2-5-22-6-3-12/h9H,1-8H2,(H3,17,18,20,21). The quantitative estimate of drug-likeness (QED) is 0.789. The second-order valence-electron chi connectivity index (χ2n) is 5.98. The van der Waals surface area contributed by atoms with Gasteiger partial charge in [-0.05, 0) is 31.2 Å². The van der Waals surface area contributed by atoms with Crippen molar-refractivity contribution < 1.29 is 27.5 Å². The molecule has 2 fully saturated rings. The van der Waals surface area contributed by atoms with Crippen LogP contribution in [0.15, 0.2) is 0 Å². The van der Waals surface area contributed by atoms with Gasteiger partial charge in [0, 0.05) is 19.8 Å². The summed E-state index contributed by atoms with van der Waals surface area (Å²) in [6.45, 7) is 0.809. The normalized spacial score (nSPS) is 25.9. The van der Waals surface area contributed by atoms with Crippen molar-refractivity contribution in [3.63, 3.8) is 0 Å². The number of nitrogens with one attached hydrogen (secondary N) is 1. The summed E-state index contributed by atoms with van der Waals surface area (Å²) in [6, 6.07) is -0.962. The predicted octanol–water partition coefficient (Wildman–Crippen LogP) is 0.862. The third-order valence-electron chi connectivity index (χ3n) is 4.53. The Morgan fingerprint density at radius 2 is 1.95 bits per heavy atom. The van der Waals surface area contributed by atoms with E-state index >= 15 is 0 Å². The first kappa shape index (κ1) is 17.0. The molecular weight excluding hydrogens is 303 g/mol. The van der Waals surface area contributed by atoms with E-state index < -0.39 is 29.4 Å². The van der Waals surface area contributed by atoms with Crippen LogP contribution < -0.4 is 11.1 Å². The Kier molecular flexibility index (Phi) is 4.96. The Labute approximate surface area is 126 Å². The summed E-state index contributed by atoms with van der Waals surface area (Å²) in [4.78, 5) is 23.9. The molecule has 0 aromatic heterocycles. The molecule has 2 rings (SSSR count). The van der Waals surface area contributed by atoms with E-state index in [1.165, 1.54) is 0 Å². The maximum absolute atomic E-state index is 13.3. The maximum Gasteiger partial charge on any atom is 0.392 e. The highest BCUT2D eigenvalue weighted by Crippen LogP contribution is 2.50. The zero-order valence-electron chi connectivity index (χ0n) is 12.1. The van der Waals surface area contributed by atoms with Gasteiger partial charge in [-0.15, -0.1) is 0 Å². The Morgan fingerprint density at radius 3 is 2.50 bits per heavy atom. The van der Waals surface area contributed by atoms with Crippen molar-refractivity contribution in [2.75, 3.05) is 32.8 Å². The Bertz CT molecular complexity index is 436. The summed E-state index contributed by atoms with van der Waals surface area (Å²) in [5.41, 5.74) is 3.94. The molecule has 6 nitrogen and oxygen atoms in total. The number of carbonyl (C=O) groups excluding carboxylic acids is 2. The average Bonchev–Trinajstić information content (AvgIpc) is 2.36. The molecule has 2 aliphatic heterocycles. The number of nitrogens with two attached hydrogens (primary N) is 1. The average molecular weight is 323 g/mol. The summed E-state index contributed by atoms with van der Waals surface area (Å²) >= 11 is 0. The van der Waals surface area contributed by atoms with Crippen molar-refractivity contribution in [3.8, 4) is 0 Å². The number of halogens is 3. The number of urea groups is 1. The topological polar surface area (TPSA) is 84.7 Å². The molecule has 0 aromatic carbocycles. The van der Waals surface area contributed by atoms with Crippen LogP contribution in [0.25, 0.3) is 0 Å². The number of nitrogens with zero attached hydrogens (tertiary/aromatic N) is 1. The van der Waals surface area contributed by atoms with E-state index in [0.29, 0.717) is 26.1 Å². The van der Waals surface area contributed by atoms with Gasteiger partial charge in [0.15, 0.2) is 0 Å². The lowest BCUT2D eigenvalue weighted by Crippen LogP contribution is -2.57. The first-order valence-electron chi connectivity index (χ1n) is 7.19. The van der Waals surface area contributed by atoms with E-state index in [4.69, 9.17) is 10.5 Å². The number of likely N-dealkylation sites (tertiary alicyclic amines) is 1. The van der Waals surface area contributed by atoms with Crippen molar-refractivity contribution in [1.29, 1.82) is 0 Å². The fourth-order valence-electron chi connectivity index (χ4n) is 3.56. The molecule has 1 spiro atoms. The summed E-state index contributed by atoms with van der Waals surface area (Å²) in [7, 11) is 0. The second kappa shape index (κ2) is 6.41. The summed E-state index contributed by atoms with van der Waals surface area (Å²) in [5.74, 6) is -1.97. The molecule has 1 atom stereocenters. The van der Waals surface area contributed by atoms with Gasteiger partial charge >= 0.3 is 12.2 Å². The molecule has 0 bridgehead atoms. The highest BCUT2D eigenvalue weighted by Gasteiger charge is 2.55. The molecule has 3 N–H and O–H groups in total. The molecular formula is C13H20F3N3O3. The number of primary amides is 1. The number of amides is 3. The minimum atomic E-state index is -4.25. The van der Waals surface area contributed by atoms with Gasteiger partial charge in [0.05, 0.1) is 12.5 Å². The fourth-order valence-corrected chi connectivity index (χ4v) is 3.56. The lowest BCUT2D eigenvalue weighted by atomic mass is 9.65. The largest absolute Gasteiger partial charge is 0.392 e. The van der Waals surface area contributed by atoms with Crippen LogP contribution in [-0.2, 0) is 9.53 Å². The zero-order chi connectivity index (χ0) is 16.4. The first-order chi connectivity index (χ1) is 10.2. The summed E-state index contributed by atoms with van der Waals surface area (Å²) in [5, 5.41) is 1.93. The highest BCUT2D eigenvalue weighted by atomic mass is 19.4. The minimum absolute atomic E-state index is 0.0483. The van der Waals surface area contributed by atoms with Crippen LogP contribution >= 0.6 is 0 Å². The molecule has 2 aliphatic rings. The molecule has 2 saturated heterocycles. The summed E-state index contributed by atoms with van der Waals surface area (Å²) < 4.78 is 45.2. The summed E-state index contributed by atoms with van der Waals surface area (Å²) in [6.07, 6.45) is -3.65. The molecule has 1 unspecified atom stereocenters. The number of hydrogen-bond donors (Lipinski definition) is 2. The van der Waals surface area contributed by atoms with Crippen molar-refractivity contribution in [2.24, 2.45) is 17.1 Å². The molecule has 0 saturated carbocycles. The van der Waals surface area contributed by atoms with Gasteiger partial charge in [-0.25, -0.2) is 4.79 Å². The minimum Gasteiger partial charge on any atom is -0.381 e. The van der Waals surface area contributed by atoms with Gasteiger partial charge in [0.1, 0.15) is 0 Å². The van der Waals surface area contributed by atoms with Crippen LogP contribution in [0.4, 0.5) is 18.0 Å². The highest BCUT2D eigenvalue weighted by molar-refractivity contribution is 5.94. The van der Waals surface area contributed by atoms with Crippen LogP contribution in [-0.4, -0.2) is 55.9 Å². The van der Waals surface area contributed by atoms with Gasteiger partial charge in [0.25, 0.3) is 0 Å². The third-order valence-corrected chi connectivity index (χ3v) is 4.53. The smallest absolute Gasteiger partial charge is 0.381 e. The number of ether oxygens (including phenoxy) is 1. The molecule has 0 radical (unpaired) electrons. The van der Waals surface area contributed by atoms with Gasteiger partial charge in [-0.2, -0.15) is 13.2 Å². The van der Waals surface area contributed by atoms with E-state index in [2.05, 4.69) is 0 Å². The molecule has 0 aliphatic carbocycles. The van der Waals surface area contributed by atoms with Gasteiger partial charge in [0.2, 0.25) is 5.91 Å². The Balaban J connectivity index is 2.07. The van der Waals surface area contributed by atoms with Crippen molar-refractivity contribution in [2.45, 2.75) is 25.4 Å². The third kappa shape index (κ3) is 3.89. The zero-order valence-corrected chi connectivity index (χ0v) is 12.1. The number of alkyl halides is 3. The van der Waals surface area contributed by atoms with E-state index in [1.54, 1.807) is 4.90 Å². The van der Waals surface area contributed by atoms with Crippen LogP contribution in [0.2, 0.25) is 0 Å². The number of rotatable bonds is 2. The molecule has 126 valence electrons. The van der Waals surface area contributed by atoms with Crippen molar-refractivity contribution in [1.82, 2.24) is 10.2 Å². The van der Waals surface area contributed by atoms with E-state index in [9.17, 15) is 22.8 Å². The Morgan fingerprint density at radius 1 is 1.32 bits per heavy atom. The molecule has 0 aromatic rings. The van der Waals surface area contributed by atoms with Crippen LogP contribution in [0.1, 0.15) is 19.3 Å². The lowest BCUT2D eigenvalue weighted by Gasteiger charge is -2.50. The second-order valence-corrected chi connectivity index (χ2v) is 5.98. The van der Waals surface area contributed by atoms with Crippen LogP contribution in [0, 0.1) is 11.3 Å². The van der Waals surface area contributed by atoms with E-state index in [1.807, 2.05) is 5.32 Å². The number of carbonyl (C=O) groups is 2. The SMILES string of the molecule is NC(=O)NC(=O)CN1CCC(C(F)(F)F)C2(CCOCC2)C1. The molecule has 3 amide bonds. The van der Waals surface area contributed by atoms with Gasteiger partial charge in [-0.3, -0.25) is 15.0 Å². The molecule has 9 heteroatoms. The van der Waals surface area contributed by atoms with Crippen LogP contribution in [0.3, 0.4) is 0 Å². The van der Waals surface area contributed by atoms with Gasteiger partial charge in [-0.1, -0.05) is 0 Å². The van der Waals surface area contributed by atoms with Crippen molar-refractivity contribution >= 4 is 11.9 Å². The predicted molar refractivity (Wildman–Crippen MR) is 70.8 cm³/mol. The maximum atomic E-state index is 13.3. The molecule has 2 heterocycles. The van der Waals surface area contributed by atoms with E-state index in [-0.39, 0.29) is 26.1 Å². The lowest BCUT2D eigenvalue weighted by molar-refractivity contribution is -0.235. The monoisotopic (exact) mass is 323 g/mol. The van der Waals surface area contributed by atoms with Gasteiger partial charge < -0.3 is 10.5 Å². The van der Waals surface area contributed by atoms with Crippen LogP contribution in [0.5, 0.6) is 0 Å². The van der Waals surface area contributed by atoms with Crippen molar-refractivity contribution in [3.05, 3.63) is 0 Å². The fraction of sp³-hybridized carbons (Fsp3) is 0.846. The Hall–Kier alpha value is -1.35. The van der Waals surface area contributed by atoms with E-state index in [0.717, 1.165) is 0 Å². The number of piperidine rings is 1.